The van der Waals surface area contributed by atoms with E-state index in [4.69, 9.17) is 9.47 Å². The molecule has 0 bridgehead atoms. The molecule has 1 fully saturated rings. The minimum absolute atomic E-state index is 0.215. The summed E-state index contributed by atoms with van der Waals surface area (Å²) < 4.78 is 9.66. The van der Waals surface area contributed by atoms with Crippen molar-refractivity contribution in [3.63, 3.8) is 0 Å². The fraction of sp³-hybridized carbons (Fsp3) is 0.500. The number of hydrogen-bond acceptors (Lipinski definition) is 7. The Morgan fingerprint density at radius 2 is 1.85 bits per heavy atom. The summed E-state index contributed by atoms with van der Waals surface area (Å²) in [6.07, 6.45) is 6.23. The average Bonchev–Trinajstić information content (AvgIpc) is 3.27. The molecule has 4 rings (SSSR count). The summed E-state index contributed by atoms with van der Waals surface area (Å²) in [5, 5.41) is 18.5. The molecule has 0 radical (unpaired) electrons. The quantitative estimate of drug-likeness (QED) is 0.0926. The molecule has 10 heteroatoms. The third kappa shape index (κ3) is 7.84. The summed E-state index contributed by atoms with van der Waals surface area (Å²) in [5.41, 5.74) is 6.52. The largest absolute Gasteiger partial charge is 0.627 e. The van der Waals surface area contributed by atoms with Crippen LogP contribution in [0.1, 0.15) is 60.5 Å². The van der Waals surface area contributed by atoms with E-state index >= 15 is 0 Å². The third-order valence-electron chi connectivity index (χ3n) is 7.37. The SMILES string of the molecule is CCCCCCC[N+]1([O-])CC(=NNC(=O)N2CCOCC2)c2cc(SCCc3ccc(C(=O)OC)cc3)ccc21. The van der Waals surface area contributed by atoms with E-state index in [1.54, 1.807) is 28.8 Å². The van der Waals surface area contributed by atoms with Gasteiger partial charge in [-0.1, -0.05) is 38.3 Å². The number of quaternary nitrogens is 1. The summed E-state index contributed by atoms with van der Waals surface area (Å²) in [7, 11) is 1.38. The van der Waals surface area contributed by atoms with Crippen molar-refractivity contribution in [3.8, 4) is 0 Å². The molecule has 1 atom stereocenters. The lowest BCUT2D eigenvalue weighted by molar-refractivity contribution is 0.0533. The highest BCUT2D eigenvalue weighted by molar-refractivity contribution is 7.99. The summed E-state index contributed by atoms with van der Waals surface area (Å²) in [6, 6.07) is 13.2. The lowest BCUT2D eigenvalue weighted by atomic mass is 10.1. The molecule has 1 unspecified atom stereocenters. The number of thioether (sulfide) groups is 1. The standard InChI is InChI=1S/C30H40N4O5S/c1-3-4-5-6-7-17-34(37)22-27(31-32-30(36)33-15-18-39-19-16-33)26-21-25(12-13-28(26)34)40-20-14-23-8-10-24(11-9-23)29(35)38-2/h8-13,21H,3-7,14-20,22H2,1-2H3,(H,32,36). The molecular weight excluding hydrogens is 528 g/mol. The van der Waals surface area contributed by atoms with Crippen molar-refractivity contribution < 1.29 is 19.1 Å². The molecule has 1 N–H and O–H groups in total. The van der Waals surface area contributed by atoms with Crippen molar-refractivity contribution in [2.24, 2.45) is 5.10 Å². The number of rotatable bonds is 12. The van der Waals surface area contributed by atoms with Crippen LogP contribution in [0.25, 0.3) is 0 Å². The number of nitrogens with zero attached hydrogens (tertiary/aromatic N) is 3. The number of hydrazone groups is 1. The molecule has 216 valence electrons. The number of fused-ring (bicyclic) bond motifs is 1. The van der Waals surface area contributed by atoms with Gasteiger partial charge in [0, 0.05) is 29.8 Å². The lowest BCUT2D eigenvalue weighted by Gasteiger charge is -2.38. The van der Waals surface area contributed by atoms with Crippen molar-refractivity contribution in [2.45, 2.75) is 50.3 Å². The molecule has 0 aliphatic carbocycles. The number of esters is 1. The highest BCUT2D eigenvalue weighted by atomic mass is 32.2. The van der Waals surface area contributed by atoms with Gasteiger partial charge in [-0.15, -0.1) is 11.8 Å². The second-order valence-corrected chi connectivity index (χ2v) is 11.4. The van der Waals surface area contributed by atoms with E-state index < -0.39 is 4.65 Å². The summed E-state index contributed by atoms with van der Waals surface area (Å²) in [4.78, 5) is 27.1. The smallest absolute Gasteiger partial charge is 0.337 e. The predicted octanol–water partition coefficient (Wildman–Crippen LogP) is 5.34. The Hall–Kier alpha value is -2.92. The van der Waals surface area contributed by atoms with Gasteiger partial charge in [0.15, 0.2) is 0 Å². The highest BCUT2D eigenvalue weighted by Crippen LogP contribution is 2.37. The maximum absolute atomic E-state index is 14.0. The fourth-order valence-electron chi connectivity index (χ4n) is 5.03. The first-order chi connectivity index (χ1) is 19.4. The van der Waals surface area contributed by atoms with Gasteiger partial charge in [0.1, 0.15) is 17.9 Å². The number of ether oxygens (including phenoxy) is 2. The Kier molecular flexibility index (Phi) is 11.0. The number of benzene rings is 2. The van der Waals surface area contributed by atoms with Gasteiger partial charge in [0.2, 0.25) is 0 Å². The average molecular weight is 569 g/mol. The van der Waals surface area contributed by atoms with Crippen LogP contribution < -0.4 is 10.1 Å². The van der Waals surface area contributed by atoms with Gasteiger partial charge in [-0.2, -0.15) is 5.10 Å². The molecule has 1 saturated heterocycles. The maximum atomic E-state index is 14.0. The third-order valence-corrected chi connectivity index (χ3v) is 8.36. The summed E-state index contributed by atoms with van der Waals surface area (Å²) in [6.45, 7) is 4.98. The number of nitrogens with one attached hydrogen (secondary N) is 1. The van der Waals surface area contributed by atoms with E-state index in [1.165, 1.54) is 20.0 Å². The molecule has 2 aliphatic rings. The van der Waals surface area contributed by atoms with Gasteiger partial charge in [0.05, 0.1) is 38.0 Å². The van der Waals surface area contributed by atoms with Crippen LogP contribution in [-0.4, -0.2) is 74.9 Å². The Morgan fingerprint density at radius 1 is 1.10 bits per heavy atom. The van der Waals surface area contributed by atoms with Gasteiger partial charge >= 0.3 is 12.0 Å². The topological polar surface area (TPSA) is 103 Å². The lowest BCUT2D eigenvalue weighted by Crippen LogP contribution is -2.46. The molecule has 9 nitrogen and oxygen atoms in total. The number of unbranched alkanes of at least 4 members (excludes halogenated alkanes) is 4. The van der Waals surface area contributed by atoms with Crippen LogP contribution in [0.5, 0.6) is 0 Å². The first-order valence-corrected chi connectivity index (χ1v) is 15.1. The Morgan fingerprint density at radius 3 is 2.58 bits per heavy atom. The number of hydrogen-bond donors (Lipinski definition) is 1. The zero-order valence-electron chi connectivity index (χ0n) is 23.5. The Labute approximate surface area is 241 Å². The normalized spacial score (nSPS) is 19.5. The van der Waals surface area contributed by atoms with E-state index in [9.17, 15) is 14.8 Å². The van der Waals surface area contributed by atoms with Crippen molar-refractivity contribution in [2.75, 3.05) is 52.3 Å². The number of amides is 2. The van der Waals surface area contributed by atoms with E-state index in [-0.39, 0.29) is 18.5 Å². The van der Waals surface area contributed by atoms with Crippen LogP contribution in [0.3, 0.4) is 0 Å². The molecule has 2 aromatic carbocycles. The number of aryl methyl sites for hydroxylation is 1. The van der Waals surface area contributed by atoms with Crippen LogP contribution in [0.15, 0.2) is 52.5 Å². The van der Waals surface area contributed by atoms with E-state index in [1.807, 2.05) is 30.3 Å². The first-order valence-electron chi connectivity index (χ1n) is 14.2. The number of morpholine rings is 1. The van der Waals surface area contributed by atoms with Crippen LogP contribution in [0.4, 0.5) is 10.5 Å². The first kappa shape index (κ1) is 30.0. The second-order valence-electron chi connectivity index (χ2n) is 10.2. The molecule has 0 aromatic heterocycles. The van der Waals surface area contributed by atoms with E-state index in [0.717, 1.165) is 53.1 Å². The van der Waals surface area contributed by atoms with Gasteiger partial charge in [-0.3, -0.25) is 0 Å². The summed E-state index contributed by atoms with van der Waals surface area (Å²) >= 11 is 1.71. The minimum atomic E-state index is -0.439. The van der Waals surface area contributed by atoms with Gasteiger partial charge in [0.25, 0.3) is 0 Å². The van der Waals surface area contributed by atoms with Crippen LogP contribution in [0.2, 0.25) is 0 Å². The minimum Gasteiger partial charge on any atom is -0.627 e. The molecule has 2 heterocycles. The maximum Gasteiger partial charge on any atom is 0.337 e. The number of hydroxylamine groups is 2. The van der Waals surface area contributed by atoms with Gasteiger partial charge in [-0.25, -0.2) is 15.0 Å². The number of methoxy groups -OCH3 is 1. The van der Waals surface area contributed by atoms with Crippen molar-refractivity contribution in [3.05, 3.63) is 64.4 Å². The zero-order valence-corrected chi connectivity index (χ0v) is 24.3. The fourth-order valence-corrected chi connectivity index (χ4v) is 5.97. The number of urea groups is 1. The highest BCUT2D eigenvalue weighted by Gasteiger charge is 2.36. The molecule has 40 heavy (non-hydrogen) atoms. The Balaban J connectivity index is 1.44. The number of carbonyl (C=O) groups excluding carboxylic acids is 2. The molecule has 2 amide bonds. The van der Waals surface area contributed by atoms with Crippen molar-refractivity contribution in [1.82, 2.24) is 15.0 Å². The van der Waals surface area contributed by atoms with Gasteiger partial charge < -0.3 is 24.2 Å². The second kappa shape index (κ2) is 14.6. The van der Waals surface area contributed by atoms with E-state index in [2.05, 4.69) is 17.5 Å². The monoisotopic (exact) mass is 568 g/mol. The number of carbonyl (C=O) groups is 2. The summed E-state index contributed by atoms with van der Waals surface area (Å²) in [5.74, 6) is 0.497. The van der Waals surface area contributed by atoms with Crippen LogP contribution in [0, 0.1) is 5.21 Å². The predicted molar refractivity (Wildman–Crippen MR) is 160 cm³/mol. The molecule has 2 aliphatic heterocycles. The van der Waals surface area contributed by atoms with Gasteiger partial charge in [-0.05, 0) is 49.1 Å². The zero-order chi connectivity index (χ0) is 28.4. The van der Waals surface area contributed by atoms with Crippen molar-refractivity contribution in [1.29, 1.82) is 0 Å². The Bertz CT molecular complexity index is 1180. The molecule has 2 aromatic rings. The van der Waals surface area contributed by atoms with Crippen LogP contribution >= 0.6 is 11.8 Å². The molecular formula is C30H40N4O5S. The molecule has 0 saturated carbocycles. The molecule has 0 spiro atoms. The van der Waals surface area contributed by atoms with Crippen molar-refractivity contribution >= 4 is 35.2 Å². The van der Waals surface area contributed by atoms with Crippen LogP contribution in [-0.2, 0) is 15.9 Å². The van der Waals surface area contributed by atoms with E-state index in [0.29, 0.717) is 44.1 Å².